The lowest BCUT2D eigenvalue weighted by molar-refractivity contribution is -0.139. The molecule has 2 aromatic rings. The van der Waals surface area contributed by atoms with Gasteiger partial charge in [0.05, 0.1) is 26.2 Å². The van der Waals surface area contributed by atoms with E-state index in [-0.39, 0.29) is 12.0 Å². The molecule has 0 spiro atoms. The number of aromatic nitrogens is 2. The van der Waals surface area contributed by atoms with Gasteiger partial charge in [-0.25, -0.2) is 4.98 Å². The van der Waals surface area contributed by atoms with E-state index in [9.17, 15) is 4.79 Å². The minimum atomic E-state index is -0.341. The number of para-hydroxylation sites is 1. The lowest BCUT2D eigenvalue weighted by Gasteiger charge is -2.32. The summed E-state index contributed by atoms with van der Waals surface area (Å²) in [6.07, 6.45) is 3.08. The average Bonchev–Trinajstić information content (AvgIpc) is 2.63. The van der Waals surface area contributed by atoms with Gasteiger partial charge < -0.3 is 20.1 Å². The summed E-state index contributed by atoms with van der Waals surface area (Å²) in [5.74, 6) is 1.13. The largest absolute Gasteiger partial charge is 0.493 e. The van der Waals surface area contributed by atoms with Crippen LogP contribution in [0.3, 0.4) is 0 Å². The average molecular weight is 328 g/mol. The van der Waals surface area contributed by atoms with Crippen LogP contribution in [-0.4, -0.2) is 47.1 Å². The molecule has 7 heteroatoms. The highest BCUT2D eigenvalue weighted by Gasteiger charge is 2.27. The van der Waals surface area contributed by atoms with Crippen LogP contribution in [0.4, 0.5) is 5.82 Å². The molecule has 1 aliphatic rings. The lowest BCUT2D eigenvalue weighted by Crippen LogP contribution is -2.43. The predicted molar refractivity (Wildman–Crippen MR) is 88.3 cm³/mol. The number of hydrogen-bond acceptors (Lipinski definition) is 6. The maximum Gasteiger partial charge on any atom is 0.226 e. The molecule has 2 heterocycles. The van der Waals surface area contributed by atoms with Crippen molar-refractivity contribution in [3.8, 4) is 5.75 Å². The zero-order valence-corrected chi connectivity index (χ0v) is 13.3. The fraction of sp³-hybridized carbons (Fsp3) is 0.353. The molecule has 1 atom stereocenters. The second-order valence-electron chi connectivity index (χ2n) is 5.44. The van der Waals surface area contributed by atoms with Gasteiger partial charge in [0.1, 0.15) is 23.4 Å². The van der Waals surface area contributed by atoms with E-state index < -0.39 is 0 Å². The quantitative estimate of drug-likeness (QED) is 0.893. The Kier molecular flexibility index (Phi) is 5.22. The molecule has 1 saturated heterocycles. The van der Waals surface area contributed by atoms with Gasteiger partial charge in [-0.05, 0) is 12.1 Å². The maximum atomic E-state index is 12.4. The summed E-state index contributed by atoms with van der Waals surface area (Å²) in [6, 6.07) is 9.45. The van der Waals surface area contributed by atoms with Crippen molar-refractivity contribution >= 4 is 11.7 Å². The molecule has 1 aliphatic heterocycles. The van der Waals surface area contributed by atoms with E-state index in [2.05, 4.69) is 9.97 Å². The first-order chi connectivity index (χ1) is 11.7. The van der Waals surface area contributed by atoms with Crippen molar-refractivity contribution in [1.29, 1.82) is 0 Å². The van der Waals surface area contributed by atoms with Crippen LogP contribution in [0.1, 0.15) is 18.2 Å². The number of ether oxygens (including phenoxy) is 2. The number of rotatable bonds is 5. The summed E-state index contributed by atoms with van der Waals surface area (Å²) in [5.41, 5.74) is 6.42. The van der Waals surface area contributed by atoms with E-state index in [4.69, 9.17) is 15.2 Å². The second-order valence-corrected chi connectivity index (χ2v) is 5.44. The molecule has 0 radical (unpaired) electrons. The smallest absolute Gasteiger partial charge is 0.226 e. The standard InChI is InChI=1S/C17H20N4O3/c18-17-16(19-7-8-20-17)14-12-21(9-11-24-14)15(22)6-10-23-13-4-2-1-3-5-13/h1-5,7-8,14H,6,9-12H2,(H2,18,20)/t14-/m0/s1. The number of hydrogen-bond donors (Lipinski definition) is 1. The van der Waals surface area contributed by atoms with Gasteiger partial charge in [0, 0.05) is 18.9 Å². The number of amides is 1. The summed E-state index contributed by atoms with van der Waals surface area (Å²) in [6.45, 7) is 1.78. The minimum absolute atomic E-state index is 0.0293. The number of carbonyl (C=O) groups excluding carboxylic acids is 1. The maximum absolute atomic E-state index is 12.4. The van der Waals surface area contributed by atoms with E-state index in [1.54, 1.807) is 11.1 Å². The number of carbonyl (C=O) groups is 1. The number of anilines is 1. The van der Waals surface area contributed by atoms with Gasteiger partial charge in [0.25, 0.3) is 0 Å². The van der Waals surface area contributed by atoms with Crippen molar-refractivity contribution in [1.82, 2.24) is 14.9 Å². The highest BCUT2D eigenvalue weighted by molar-refractivity contribution is 5.76. The fourth-order valence-electron chi connectivity index (χ4n) is 2.58. The van der Waals surface area contributed by atoms with Crippen molar-refractivity contribution in [3.63, 3.8) is 0 Å². The van der Waals surface area contributed by atoms with Crippen molar-refractivity contribution < 1.29 is 14.3 Å². The third-order valence-electron chi connectivity index (χ3n) is 3.81. The number of nitrogen functional groups attached to an aromatic ring is 1. The summed E-state index contributed by atoms with van der Waals surface area (Å²) in [7, 11) is 0. The van der Waals surface area contributed by atoms with Gasteiger partial charge in [-0.1, -0.05) is 18.2 Å². The Morgan fingerprint density at radius 3 is 2.88 bits per heavy atom. The van der Waals surface area contributed by atoms with Crippen LogP contribution >= 0.6 is 0 Å². The summed E-state index contributed by atoms with van der Waals surface area (Å²) in [4.78, 5) is 22.4. The van der Waals surface area contributed by atoms with E-state index >= 15 is 0 Å². The Bertz CT molecular complexity index is 681. The first-order valence-corrected chi connectivity index (χ1v) is 7.87. The van der Waals surface area contributed by atoms with E-state index in [1.807, 2.05) is 30.3 Å². The molecule has 0 unspecified atom stereocenters. The molecule has 0 aliphatic carbocycles. The fourth-order valence-corrected chi connectivity index (χ4v) is 2.58. The minimum Gasteiger partial charge on any atom is -0.493 e. The monoisotopic (exact) mass is 328 g/mol. The Balaban J connectivity index is 1.52. The number of benzene rings is 1. The number of morpholine rings is 1. The molecule has 2 N–H and O–H groups in total. The first kappa shape index (κ1) is 16.2. The predicted octanol–water partition coefficient (Wildman–Crippen LogP) is 1.43. The Morgan fingerprint density at radius 1 is 1.29 bits per heavy atom. The molecule has 1 amide bonds. The van der Waals surface area contributed by atoms with Crippen molar-refractivity contribution in [2.24, 2.45) is 0 Å². The van der Waals surface area contributed by atoms with Gasteiger partial charge >= 0.3 is 0 Å². The van der Waals surface area contributed by atoms with Gasteiger partial charge in [-0.15, -0.1) is 0 Å². The molecule has 7 nitrogen and oxygen atoms in total. The molecule has 1 aromatic heterocycles. The van der Waals surface area contributed by atoms with Gasteiger partial charge in [-0.3, -0.25) is 9.78 Å². The normalized spacial score (nSPS) is 17.5. The Hall–Kier alpha value is -2.67. The van der Waals surface area contributed by atoms with Gasteiger partial charge in [0.2, 0.25) is 5.91 Å². The third-order valence-corrected chi connectivity index (χ3v) is 3.81. The van der Waals surface area contributed by atoms with E-state index in [0.29, 0.717) is 44.2 Å². The van der Waals surface area contributed by atoms with Crippen molar-refractivity contribution in [2.45, 2.75) is 12.5 Å². The molecular formula is C17H20N4O3. The molecule has 3 rings (SSSR count). The molecular weight excluding hydrogens is 308 g/mol. The van der Waals surface area contributed by atoms with E-state index in [0.717, 1.165) is 5.75 Å². The Labute approximate surface area is 140 Å². The van der Waals surface area contributed by atoms with Crippen LogP contribution in [0.25, 0.3) is 0 Å². The van der Waals surface area contributed by atoms with Crippen LogP contribution < -0.4 is 10.5 Å². The van der Waals surface area contributed by atoms with Crippen LogP contribution in [0, 0.1) is 0 Å². The zero-order chi connectivity index (χ0) is 16.8. The van der Waals surface area contributed by atoms with Gasteiger partial charge in [0.15, 0.2) is 0 Å². The van der Waals surface area contributed by atoms with Gasteiger partial charge in [-0.2, -0.15) is 0 Å². The SMILES string of the molecule is Nc1nccnc1[C@@H]1CN(C(=O)CCOc2ccccc2)CCO1. The van der Waals surface area contributed by atoms with E-state index in [1.165, 1.54) is 6.20 Å². The van der Waals surface area contributed by atoms with Crippen LogP contribution in [0.15, 0.2) is 42.7 Å². The number of nitrogens with two attached hydrogens (primary N) is 1. The van der Waals surface area contributed by atoms with Crippen LogP contribution in [0.5, 0.6) is 5.75 Å². The highest BCUT2D eigenvalue weighted by Crippen LogP contribution is 2.23. The molecule has 0 bridgehead atoms. The third kappa shape index (κ3) is 3.99. The molecule has 126 valence electrons. The summed E-state index contributed by atoms with van der Waals surface area (Å²) < 4.78 is 11.3. The van der Waals surface area contributed by atoms with Crippen LogP contribution in [-0.2, 0) is 9.53 Å². The molecule has 24 heavy (non-hydrogen) atoms. The summed E-state index contributed by atoms with van der Waals surface area (Å²) >= 11 is 0. The molecule has 1 fully saturated rings. The van der Waals surface area contributed by atoms with Crippen molar-refractivity contribution in [2.75, 3.05) is 32.0 Å². The van der Waals surface area contributed by atoms with Crippen molar-refractivity contribution in [3.05, 3.63) is 48.4 Å². The second kappa shape index (κ2) is 7.74. The van der Waals surface area contributed by atoms with Crippen LogP contribution in [0.2, 0.25) is 0 Å². The highest BCUT2D eigenvalue weighted by atomic mass is 16.5. The summed E-state index contributed by atoms with van der Waals surface area (Å²) in [5, 5.41) is 0. The topological polar surface area (TPSA) is 90.6 Å². The zero-order valence-electron chi connectivity index (χ0n) is 13.3. The Morgan fingerprint density at radius 2 is 2.08 bits per heavy atom. The molecule has 0 saturated carbocycles. The number of nitrogens with zero attached hydrogens (tertiary/aromatic N) is 3. The molecule has 1 aromatic carbocycles. The first-order valence-electron chi connectivity index (χ1n) is 7.87. The lowest BCUT2D eigenvalue weighted by atomic mass is 10.2.